The Labute approximate surface area is 120 Å². The minimum atomic E-state index is -0.473. The van der Waals surface area contributed by atoms with Crippen LogP contribution in [-0.2, 0) is 0 Å². The molecule has 0 aliphatic carbocycles. The number of halogens is 1. The van der Waals surface area contributed by atoms with Crippen molar-refractivity contribution in [2.24, 2.45) is 0 Å². The number of benzene rings is 2. The van der Waals surface area contributed by atoms with E-state index < -0.39 is 11.7 Å². The average Bonchev–Trinajstić information content (AvgIpc) is 2.93. The van der Waals surface area contributed by atoms with E-state index in [2.05, 4.69) is 10.3 Å². The second-order valence-corrected chi connectivity index (χ2v) is 4.54. The lowest BCUT2D eigenvalue weighted by atomic mass is 10.2. The first-order valence-electron chi connectivity index (χ1n) is 6.40. The number of anilines is 1. The molecule has 0 saturated heterocycles. The molecule has 2 aromatic carbocycles. The summed E-state index contributed by atoms with van der Waals surface area (Å²) in [6.45, 7) is 0. The normalized spacial score (nSPS) is 10.6. The fourth-order valence-corrected chi connectivity index (χ4v) is 2.17. The zero-order valence-electron chi connectivity index (χ0n) is 11.3. The van der Waals surface area contributed by atoms with Crippen molar-refractivity contribution in [3.05, 3.63) is 60.0 Å². The summed E-state index contributed by atoms with van der Waals surface area (Å²) in [6, 6.07) is 13.2. The van der Waals surface area contributed by atoms with Crippen LogP contribution in [-0.4, -0.2) is 18.0 Å². The monoisotopic (exact) mass is 284 g/mol. The Morgan fingerprint density at radius 3 is 2.76 bits per heavy atom. The highest BCUT2D eigenvalue weighted by atomic mass is 19.1. The highest BCUT2D eigenvalue weighted by molar-refractivity contribution is 6.06. The van der Waals surface area contributed by atoms with E-state index in [1.54, 1.807) is 31.4 Å². The number of carbonyl (C=O) groups is 1. The number of ether oxygens (including phenoxy) is 1. The van der Waals surface area contributed by atoms with E-state index in [-0.39, 0.29) is 5.69 Å². The molecule has 1 aromatic heterocycles. The molecule has 0 atom stereocenters. The highest BCUT2D eigenvalue weighted by Crippen LogP contribution is 2.25. The summed E-state index contributed by atoms with van der Waals surface area (Å²) in [6.07, 6.45) is 0. The molecular formula is C16H13FN2O2. The van der Waals surface area contributed by atoms with Crippen molar-refractivity contribution in [2.75, 3.05) is 12.4 Å². The van der Waals surface area contributed by atoms with Crippen LogP contribution in [0.15, 0.2) is 48.5 Å². The summed E-state index contributed by atoms with van der Waals surface area (Å²) in [5.74, 6) is -0.227. The van der Waals surface area contributed by atoms with Crippen LogP contribution >= 0.6 is 0 Å². The first-order chi connectivity index (χ1) is 10.2. The number of rotatable bonds is 3. The predicted molar refractivity (Wildman–Crippen MR) is 79.2 cm³/mol. The van der Waals surface area contributed by atoms with E-state index in [1.807, 2.05) is 12.1 Å². The van der Waals surface area contributed by atoms with Crippen molar-refractivity contribution < 1.29 is 13.9 Å². The lowest BCUT2D eigenvalue weighted by molar-refractivity contribution is 0.102. The molecule has 21 heavy (non-hydrogen) atoms. The standard InChI is InChI=1S/C16H13FN2O2/c1-21-14-8-4-5-10-9-13(18-15(10)14)16(20)19-12-7-3-2-6-11(12)17/h2-9,18H,1H3,(H,19,20). The Morgan fingerprint density at radius 1 is 1.19 bits per heavy atom. The number of aromatic amines is 1. The van der Waals surface area contributed by atoms with Crippen LogP contribution in [0.1, 0.15) is 10.5 Å². The van der Waals surface area contributed by atoms with Crippen LogP contribution in [0.5, 0.6) is 5.75 Å². The summed E-state index contributed by atoms with van der Waals surface area (Å²) in [4.78, 5) is 15.2. The van der Waals surface area contributed by atoms with Crippen molar-refractivity contribution in [2.45, 2.75) is 0 Å². The van der Waals surface area contributed by atoms with Crippen molar-refractivity contribution in [3.63, 3.8) is 0 Å². The number of hydrogen-bond acceptors (Lipinski definition) is 2. The maximum absolute atomic E-state index is 13.5. The van der Waals surface area contributed by atoms with Gasteiger partial charge in [-0.1, -0.05) is 24.3 Å². The number of methoxy groups -OCH3 is 1. The Kier molecular flexibility index (Phi) is 3.31. The highest BCUT2D eigenvalue weighted by Gasteiger charge is 2.13. The Morgan fingerprint density at radius 2 is 2.00 bits per heavy atom. The average molecular weight is 284 g/mol. The molecule has 3 aromatic rings. The molecule has 0 aliphatic heterocycles. The van der Waals surface area contributed by atoms with Crippen LogP contribution < -0.4 is 10.1 Å². The maximum Gasteiger partial charge on any atom is 0.272 e. The third kappa shape index (κ3) is 2.45. The van der Waals surface area contributed by atoms with E-state index in [4.69, 9.17) is 4.74 Å². The number of hydrogen-bond donors (Lipinski definition) is 2. The lowest BCUT2D eigenvalue weighted by Gasteiger charge is -2.04. The fraction of sp³-hybridized carbons (Fsp3) is 0.0625. The molecule has 0 aliphatic rings. The maximum atomic E-state index is 13.5. The zero-order chi connectivity index (χ0) is 14.8. The number of H-pyrrole nitrogens is 1. The van der Waals surface area contributed by atoms with Gasteiger partial charge in [-0.15, -0.1) is 0 Å². The fourth-order valence-electron chi connectivity index (χ4n) is 2.17. The van der Waals surface area contributed by atoms with Gasteiger partial charge in [-0.2, -0.15) is 0 Å². The van der Waals surface area contributed by atoms with Crippen LogP contribution in [0.3, 0.4) is 0 Å². The van der Waals surface area contributed by atoms with Gasteiger partial charge in [0.15, 0.2) is 0 Å². The predicted octanol–water partition coefficient (Wildman–Crippen LogP) is 3.57. The molecule has 1 amide bonds. The minimum Gasteiger partial charge on any atom is -0.495 e. The van der Waals surface area contributed by atoms with Crippen molar-refractivity contribution in [1.82, 2.24) is 4.98 Å². The third-order valence-electron chi connectivity index (χ3n) is 3.20. The molecule has 0 spiro atoms. The molecule has 0 radical (unpaired) electrons. The van der Waals surface area contributed by atoms with E-state index in [9.17, 15) is 9.18 Å². The van der Waals surface area contributed by atoms with Crippen molar-refractivity contribution >= 4 is 22.5 Å². The molecule has 4 nitrogen and oxygen atoms in total. The van der Waals surface area contributed by atoms with E-state index in [1.165, 1.54) is 12.1 Å². The second-order valence-electron chi connectivity index (χ2n) is 4.54. The second kappa shape index (κ2) is 5.28. The number of nitrogens with one attached hydrogen (secondary N) is 2. The van der Waals surface area contributed by atoms with Crippen molar-refractivity contribution in [1.29, 1.82) is 0 Å². The smallest absolute Gasteiger partial charge is 0.272 e. The summed E-state index contributed by atoms with van der Waals surface area (Å²) >= 11 is 0. The number of carbonyl (C=O) groups excluding carboxylic acids is 1. The van der Waals surface area contributed by atoms with Gasteiger partial charge in [0.25, 0.3) is 5.91 Å². The molecule has 0 saturated carbocycles. The molecule has 0 bridgehead atoms. The Hall–Kier alpha value is -2.82. The molecule has 5 heteroatoms. The summed E-state index contributed by atoms with van der Waals surface area (Å²) in [5.41, 5.74) is 1.23. The molecule has 1 heterocycles. The van der Waals surface area contributed by atoms with Gasteiger partial charge in [0, 0.05) is 5.39 Å². The Bertz CT molecular complexity index is 811. The van der Waals surface area contributed by atoms with Gasteiger partial charge in [-0.3, -0.25) is 4.79 Å². The molecule has 3 rings (SSSR count). The largest absolute Gasteiger partial charge is 0.495 e. The van der Waals surface area contributed by atoms with Gasteiger partial charge >= 0.3 is 0 Å². The summed E-state index contributed by atoms with van der Waals surface area (Å²) in [7, 11) is 1.56. The number of aromatic nitrogens is 1. The quantitative estimate of drug-likeness (QED) is 0.772. The molecule has 0 unspecified atom stereocenters. The third-order valence-corrected chi connectivity index (χ3v) is 3.20. The summed E-state index contributed by atoms with van der Waals surface area (Å²) < 4.78 is 18.8. The molecule has 106 valence electrons. The SMILES string of the molecule is COc1cccc2cc(C(=O)Nc3ccccc3F)[nH]c12. The van der Waals surface area contributed by atoms with E-state index in [0.717, 1.165) is 10.9 Å². The van der Waals surface area contributed by atoms with Gasteiger partial charge in [0.05, 0.1) is 18.3 Å². The zero-order valence-corrected chi connectivity index (χ0v) is 11.3. The Balaban J connectivity index is 1.93. The number of amides is 1. The minimum absolute atomic E-state index is 0.146. The lowest BCUT2D eigenvalue weighted by Crippen LogP contribution is -2.13. The summed E-state index contributed by atoms with van der Waals surface area (Å²) in [5, 5.41) is 3.39. The van der Waals surface area contributed by atoms with Gasteiger partial charge < -0.3 is 15.0 Å². The van der Waals surface area contributed by atoms with E-state index in [0.29, 0.717) is 11.4 Å². The number of fused-ring (bicyclic) bond motifs is 1. The molecule has 0 fully saturated rings. The number of para-hydroxylation sites is 2. The van der Waals surface area contributed by atoms with Crippen LogP contribution in [0.4, 0.5) is 10.1 Å². The van der Waals surface area contributed by atoms with E-state index >= 15 is 0 Å². The molecular weight excluding hydrogens is 271 g/mol. The van der Waals surface area contributed by atoms with Gasteiger partial charge in [-0.05, 0) is 24.3 Å². The van der Waals surface area contributed by atoms with Crippen LogP contribution in [0.25, 0.3) is 10.9 Å². The van der Waals surface area contributed by atoms with Gasteiger partial charge in [0.1, 0.15) is 17.3 Å². The van der Waals surface area contributed by atoms with Gasteiger partial charge in [-0.25, -0.2) is 4.39 Å². The van der Waals surface area contributed by atoms with Gasteiger partial charge in [0.2, 0.25) is 0 Å². The first-order valence-corrected chi connectivity index (χ1v) is 6.40. The van der Waals surface area contributed by atoms with Crippen LogP contribution in [0.2, 0.25) is 0 Å². The topological polar surface area (TPSA) is 54.1 Å². The van der Waals surface area contributed by atoms with Crippen molar-refractivity contribution in [3.8, 4) is 5.75 Å². The molecule has 2 N–H and O–H groups in total. The first kappa shape index (κ1) is 13.2. The van der Waals surface area contributed by atoms with Crippen LogP contribution in [0, 0.1) is 5.82 Å².